The summed E-state index contributed by atoms with van der Waals surface area (Å²) in [5.41, 5.74) is 1.52. The summed E-state index contributed by atoms with van der Waals surface area (Å²) in [6.07, 6.45) is 0.317. The van der Waals surface area contributed by atoms with Crippen molar-refractivity contribution in [3.05, 3.63) is 59.1 Å². The van der Waals surface area contributed by atoms with Crippen molar-refractivity contribution in [3.8, 4) is 11.1 Å². The van der Waals surface area contributed by atoms with Crippen molar-refractivity contribution in [3.63, 3.8) is 0 Å². The highest BCUT2D eigenvalue weighted by Gasteiger charge is 2.38. The second kappa shape index (κ2) is 12.9. The molecule has 2 atom stereocenters. The predicted molar refractivity (Wildman–Crippen MR) is 140 cm³/mol. The number of halogens is 1. The minimum Gasteiger partial charge on any atom is -0.466 e. The fourth-order valence-electron chi connectivity index (χ4n) is 3.81. The molecule has 0 unspecified atom stereocenters. The Labute approximate surface area is 214 Å². The average Bonchev–Trinajstić information content (AvgIpc) is 2.77. The van der Waals surface area contributed by atoms with Crippen LogP contribution in [0.25, 0.3) is 11.1 Å². The Balaban J connectivity index is 2.27. The summed E-state index contributed by atoms with van der Waals surface area (Å²) in [7, 11) is 0. The van der Waals surface area contributed by atoms with Gasteiger partial charge < -0.3 is 19.5 Å². The van der Waals surface area contributed by atoms with E-state index in [9.17, 15) is 9.59 Å². The number of hydrogen-bond donors (Lipinski definition) is 1. The van der Waals surface area contributed by atoms with E-state index in [1.807, 2.05) is 83.1 Å². The highest BCUT2D eigenvalue weighted by molar-refractivity contribution is 6.30. The maximum atomic E-state index is 12.8. The number of amides is 1. The van der Waals surface area contributed by atoms with Crippen molar-refractivity contribution < 1.29 is 23.8 Å². The van der Waals surface area contributed by atoms with Crippen LogP contribution in [-0.4, -0.2) is 43.5 Å². The van der Waals surface area contributed by atoms with Crippen molar-refractivity contribution in [2.24, 2.45) is 5.41 Å². The molecule has 1 amide bonds. The zero-order valence-corrected chi connectivity index (χ0v) is 22.4. The van der Waals surface area contributed by atoms with Crippen LogP contribution in [0.3, 0.4) is 0 Å². The number of alkyl carbamates (subject to hydrolysis) is 1. The summed E-state index contributed by atoms with van der Waals surface area (Å²) in [5, 5.41) is 3.64. The van der Waals surface area contributed by atoms with Crippen LogP contribution in [0.5, 0.6) is 0 Å². The normalized spacial score (nSPS) is 14.0. The number of ether oxygens (including phenoxy) is 3. The summed E-state index contributed by atoms with van der Waals surface area (Å²) in [6, 6.07) is 15.4. The van der Waals surface area contributed by atoms with Gasteiger partial charge in [-0.3, -0.25) is 4.79 Å². The number of esters is 1. The van der Waals surface area contributed by atoms with Gasteiger partial charge in [0.1, 0.15) is 5.60 Å². The lowest BCUT2D eigenvalue weighted by atomic mass is 9.82. The van der Waals surface area contributed by atoms with Gasteiger partial charge in [0.05, 0.1) is 18.6 Å². The molecular weight excluding hydrogens is 466 g/mol. The molecule has 6 nitrogen and oxygen atoms in total. The standard InChI is InChI=1S/C28H38ClNO5/c1-7-33-19-28(6,25(31)34-8-2)18-24(30-26(32)35-27(3,4)5)16-20-12-14-21(15-13-20)22-10-9-11-23(29)17-22/h9-15,17,24H,7-8,16,18-19H2,1-6H3,(H,30,32)/t24-,28+/m1/s1. The average molecular weight is 504 g/mol. The lowest BCUT2D eigenvalue weighted by Crippen LogP contribution is -2.46. The first-order valence-corrected chi connectivity index (χ1v) is 12.4. The van der Waals surface area contributed by atoms with E-state index in [0.29, 0.717) is 24.5 Å². The third-order valence-corrected chi connectivity index (χ3v) is 5.64. The lowest BCUT2D eigenvalue weighted by Gasteiger charge is -2.32. The minimum atomic E-state index is -0.924. The molecule has 2 aromatic rings. The molecule has 0 heterocycles. The molecule has 0 radical (unpaired) electrons. The molecule has 0 aromatic heterocycles. The smallest absolute Gasteiger partial charge is 0.407 e. The van der Waals surface area contributed by atoms with E-state index in [-0.39, 0.29) is 25.2 Å². The highest BCUT2D eigenvalue weighted by Crippen LogP contribution is 2.29. The van der Waals surface area contributed by atoms with Crippen molar-refractivity contribution >= 4 is 23.7 Å². The Morgan fingerprint density at radius 1 is 0.971 bits per heavy atom. The molecule has 0 saturated heterocycles. The first kappa shape index (κ1) is 28.7. The summed E-state index contributed by atoms with van der Waals surface area (Å²) >= 11 is 6.13. The Hall–Kier alpha value is -2.57. The summed E-state index contributed by atoms with van der Waals surface area (Å²) in [4.78, 5) is 25.5. The van der Waals surface area contributed by atoms with E-state index in [2.05, 4.69) is 5.32 Å². The van der Waals surface area contributed by atoms with Crippen LogP contribution in [0.1, 0.15) is 53.5 Å². The maximum Gasteiger partial charge on any atom is 0.407 e. The molecule has 35 heavy (non-hydrogen) atoms. The summed E-state index contributed by atoms with van der Waals surface area (Å²) < 4.78 is 16.5. The van der Waals surface area contributed by atoms with Gasteiger partial charge in [-0.15, -0.1) is 0 Å². The second-order valence-electron chi connectivity index (χ2n) is 9.88. The van der Waals surface area contributed by atoms with Crippen LogP contribution >= 0.6 is 11.6 Å². The van der Waals surface area contributed by atoms with Gasteiger partial charge in [0.2, 0.25) is 0 Å². The number of benzene rings is 2. The quantitative estimate of drug-likeness (QED) is 0.357. The molecule has 0 bridgehead atoms. The summed E-state index contributed by atoms with van der Waals surface area (Å²) in [6.45, 7) is 11.9. The molecule has 2 aromatic carbocycles. The molecule has 1 N–H and O–H groups in total. The zero-order valence-electron chi connectivity index (χ0n) is 21.7. The molecule has 2 rings (SSSR count). The number of hydrogen-bond acceptors (Lipinski definition) is 5. The van der Waals surface area contributed by atoms with Crippen molar-refractivity contribution in [2.75, 3.05) is 19.8 Å². The van der Waals surface area contributed by atoms with Gasteiger partial charge in [-0.1, -0.05) is 48.0 Å². The van der Waals surface area contributed by atoms with E-state index in [1.165, 1.54) is 0 Å². The van der Waals surface area contributed by atoms with Crippen molar-refractivity contribution in [2.45, 2.75) is 66.0 Å². The van der Waals surface area contributed by atoms with Crippen LogP contribution in [0.4, 0.5) is 4.79 Å². The van der Waals surface area contributed by atoms with Crippen LogP contribution in [0.2, 0.25) is 5.02 Å². The van der Waals surface area contributed by atoms with Crippen LogP contribution in [-0.2, 0) is 25.4 Å². The predicted octanol–water partition coefficient (Wildman–Crippen LogP) is 6.44. The minimum absolute atomic E-state index is 0.197. The van der Waals surface area contributed by atoms with Gasteiger partial charge >= 0.3 is 12.1 Å². The Morgan fingerprint density at radius 3 is 2.23 bits per heavy atom. The van der Waals surface area contributed by atoms with Crippen LogP contribution in [0.15, 0.2) is 48.5 Å². The topological polar surface area (TPSA) is 73.9 Å². The second-order valence-corrected chi connectivity index (χ2v) is 10.3. The monoisotopic (exact) mass is 503 g/mol. The fourth-order valence-corrected chi connectivity index (χ4v) is 4.00. The van der Waals surface area contributed by atoms with Gasteiger partial charge in [-0.05, 0) is 83.2 Å². The molecule has 0 aliphatic rings. The molecule has 7 heteroatoms. The van der Waals surface area contributed by atoms with E-state index in [0.717, 1.165) is 16.7 Å². The molecule has 0 spiro atoms. The molecule has 0 aliphatic carbocycles. The van der Waals surface area contributed by atoms with Crippen LogP contribution < -0.4 is 5.32 Å². The van der Waals surface area contributed by atoms with E-state index in [4.69, 9.17) is 25.8 Å². The van der Waals surface area contributed by atoms with Gasteiger partial charge in [0, 0.05) is 17.7 Å². The molecule has 192 valence electrons. The first-order chi connectivity index (χ1) is 16.5. The SMILES string of the molecule is CCOC[C@](C)(C[C@@H](Cc1ccc(-c2cccc(Cl)c2)cc1)NC(=O)OC(C)(C)C)C(=O)OCC. The largest absolute Gasteiger partial charge is 0.466 e. The molecule has 0 saturated carbocycles. The van der Waals surface area contributed by atoms with Gasteiger partial charge in [-0.2, -0.15) is 0 Å². The third kappa shape index (κ3) is 9.54. The molecular formula is C28H38ClNO5. The summed E-state index contributed by atoms with van der Waals surface area (Å²) in [5.74, 6) is -0.347. The fraction of sp³-hybridized carbons (Fsp3) is 0.500. The maximum absolute atomic E-state index is 12.8. The van der Waals surface area contributed by atoms with Gasteiger partial charge in [0.15, 0.2) is 0 Å². The van der Waals surface area contributed by atoms with E-state index in [1.54, 1.807) is 6.92 Å². The van der Waals surface area contributed by atoms with Crippen molar-refractivity contribution in [1.29, 1.82) is 0 Å². The highest BCUT2D eigenvalue weighted by atomic mass is 35.5. The Morgan fingerprint density at radius 2 is 1.66 bits per heavy atom. The molecule has 0 aliphatic heterocycles. The van der Waals surface area contributed by atoms with E-state index >= 15 is 0 Å². The molecule has 0 fully saturated rings. The van der Waals surface area contributed by atoms with Gasteiger partial charge in [0.25, 0.3) is 0 Å². The van der Waals surface area contributed by atoms with E-state index < -0.39 is 17.1 Å². The first-order valence-electron chi connectivity index (χ1n) is 12.0. The zero-order chi connectivity index (χ0) is 26.1. The number of nitrogens with one attached hydrogen (secondary N) is 1. The van der Waals surface area contributed by atoms with Gasteiger partial charge in [-0.25, -0.2) is 4.79 Å². The number of carbonyl (C=O) groups is 2. The number of carbonyl (C=O) groups excluding carboxylic acids is 2. The Bertz CT molecular complexity index is 970. The third-order valence-electron chi connectivity index (χ3n) is 5.40. The van der Waals surface area contributed by atoms with Crippen LogP contribution in [0, 0.1) is 5.41 Å². The number of rotatable bonds is 11. The van der Waals surface area contributed by atoms with Crippen molar-refractivity contribution in [1.82, 2.24) is 5.32 Å². The lowest BCUT2D eigenvalue weighted by molar-refractivity contribution is -0.159. The Kier molecular flexibility index (Phi) is 10.6.